The van der Waals surface area contributed by atoms with Crippen molar-refractivity contribution >= 4 is 33.1 Å². The third-order valence-corrected chi connectivity index (χ3v) is 4.70. The maximum absolute atomic E-state index is 4.73. The van der Waals surface area contributed by atoms with Crippen LogP contribution in [0, 0.1) is 0 Å². The van der Waals surface area contributed by atoms with Gasteiger partial charge in [-0.25, -0.2) is 9.97 Å². The lowest BCUT2D eigenvalue weighted by Crippen LogP contribution is -2.24. The fraction of sp³-hybridized carbons (Fsp3) is 0.467. The largest absolute Gasteiger partial charge is 0.352 e. The molecule has 2 heterocycles. The van der Waals surface area contributed by atoms with Crippen LogP contribution in [0.3, 0.4) is 0 Å². The second-order valence-corrected chi connectivity index (χ2v) is 7.72. The molecule has 2 rings (SSSR count). The van der Waals surface area contributed by atoms with E-state index >= 15 is 0 Å². The van der Waals surface area contributed by atoms with Gasteiger partial charge in [0.15, 0.2) is 0 Å². The van der Waals surface area contributed by atoms with Gasteiger partial charge in [0, 0.05) is 23.4 Å². The van der Waals surface area contributed by atoms with Crippen LogP contribution >= 0.6 is 27.3 Å². The number of rotatable bonds is 3. The highest BCUT2D eigenvalue weighted by atomic mass is 79.9. The van der Waals surface area contributed by atoms with E-state index in [9.17, 15) is 0 Å². The third-order valence-electron chi connectivity index (χ3n) is 3.25. The molecule has 1 atom stereocenters. The highest BCUT2D eigenvalue weighted by Crippen LogP contribution is 2.30. The number of aromatic nitrogens is 2. The number of hydrogen-bond donors (Lipinski definition) is 0. The van der Waals surface area contributed by atoms with E-state index in [4.69, 9.17) is 4.98 Å². The number of halogens is 1. The summed E-state index contributed by atoms with van der Waals surface area (Å²) in [6.07, 6.45) is 0. The fourth-order valence-corrected chi connectivity index (χ4v) is 3.04. The molecule has 0 aliphatic carbocycles. The van der Waals surface area contributed by atoms with E-state index < -0.39 is 0 Å². The smallest absolute Gasteiger partial charge is 0.137 e. The van der Waals surface area contributed by atoms with E-state index in [2.05, 4.69) is 78.1 Å². The molecule has 20 heavy (non-hydrogen) atoms. The maximum Gasteiger partial charge on any atom is 0.137 e. The second-order valence-electron chi connectivity index (χ2n) is 5.92. The zero-order chi connectivity index (χ0) is 14.9. The molecule has 0 spiro atoms. The highest BCUT2D eigenvalue weighted by Gasteiger charge is 2.21. The zero-order valence-corrected chi connectivity index (χ0v) is 14.9. The average Bonchev–Trinajstić information content (AvgIpc) is 2.89. The van der Waals surface area contributed by atoms with Gasteiger partial charge in [0.1, 0.15) is 16.2 Å². The molecular weight excluding hydrogens is 334 g/mol. The Morgan fingerprint density at radius 1 is 1.30 bits per heavy atom. The highest BCUT2D eigenvalue weighted by molar-refractivity contribution is 9.10. The van der Waals surface area contributed by atoms with Crippen molar-refractivity contribution in [3.63, 3.8) is 0 Å². The molecule has 108 valence electrons. The first-order valence-electron chi connectivity index (χ1n) is 6.60. The topological polar surface area (TPSA) is 29.0 Å². The van der Waals surface area contributed by atoms with Gasteiger partial charge in [0.25, 0.3) is 0 Å². The van der Waals surface area contributed by atoms with E-state index in [1.807, 2.05) is 6.07 Å². The van der Waals surface area contributed by atoms with E-state index in [0.29, 0.717) is 6.04 Å². The van der Waals surface area contributed by atoms with Crippen LogP contribution in [0.1, 0.15) is 44.4 Å². The van der Waals surface area contributed by atoms with Gasteiger partial charge in [-0.3, -0.25) is 0 Å². The molecular formula is C15H20BrN3S. The standard InChI is InChI=1S/C15H20BrN3S/c1-10(11-7-6-8-20-11)19(5)13-9-12(16)17-14(18-13)15(2,3)4/h6-10H,1-5H3. The lowest BCUT2D eigenvalue weighted by Gasteiger charge is -2.27. The fourth-order valence-electron chi connectivity index (χ4n) is 1.84. The van der Waals surface area contributed by atoms with Crippen molar-refractivity contribution in [3.8, 4) is 0 Å². The quantitative estimate of drug-likeness (QED) is 0.742. The lowest BCUT2D eigenvalue weighted by molar-refractivity contribution is 0.541. The SMILES string of the molecule is CC(c1cccs1)N(C)c1cc(Br)nc(C(C)(C)C)n1. The van der Waals surface area contributed by atoms with Crippen LogP contribution in [-0.2, 0) is 5.41 Å². The van der Waals surface area contributed by atoms with Gasteiger partial charge in [-0.15, -0.1) is 11.3 Å². The molecule has 5 heteroatoms. The van der Waals surface area contributed by atoms with Crippen LogP contribution in [-0.4, -0.2) is 17.0 Å². The van der Waals surface area contributed by atoms with Crippen LogP contribution in [0.2, 0.25) is 0 Å². The molecule has 0 bridgehead atoms. The molecule has 0 saturated carbocycles. The first kappa shape index (κ1) is 15.4. The molecule has 1 unspecified atom stereocenters. The Morgan fingerprint density at radius 3 is 2.55 bits per heavy atom. The first-order valence-corrected chi connectivity index (χ1v) is 8.27. The van der Waals surface area contributed by atoms with Crippen molar-refractivity contribution < 1.29 is 0 Å². The minimum absolute atomic E-state index is 0.0639. The van der Waals surface area contributed by atoms with Crippen LogP contribution in [0.5, 0.6) is 0 Å². The van der Waals surface area contributed by atoms with Crippen molar-refractivity contribution in [1.29, 1.82) is 0 Å². The monoisotopic (exact) mass is 353 g/mol. The average molecular weight is 354 g/mol. The van der Waals surface area contributed by atoms with Crippen LogP contribution < -0.4 is 4.90 Å². The molecule has 2 aromatic rings. The van der Waals surface area contributed by atoms with Crippen LogP contribution in [0.15, 0.2) is 28.2 Å². The Hall–Kier alpha value is -0.940. The van der Waals surface area contributed by atoms with Crippen molar-refractivity contribution in [2.45, 2.75) is 39.2 Å². The molecule has 0 amide bonds. The predicted octanol–water partition coefficient (Wildman–Crippen LogP) is 4.80. The van der Waals surface area contributed by atoms with Gasteiger partial charge in [0.2, 0.25) is 0 Å². The van der Waals surface area contributed by atoms with Gasteiger partial charge >= 0.3 is 0 Å². The summed E-state index contributed by atoms with van der Waals surface area (Å²) in [7, 11) is 2.08. The molecule has 0 N–H and O–H groups in total. The maximum atomic E-state index is 4.73. The number of hydrogen-bond acceptors (Lipinski definition) is 4. The Kier molecular flexibility index (Phi) is 4.49. The van der Waals surface area contributed by atoms with Crippen molar-refractivity contribution in [2.75, 3.05) is 11.9 Å². The second kappa shape index (κ2) is 5.82. The summed E-state index contributed by atoms with van der Waals surface area (Å²) in [6, 6.07) is 6.51. The Labute approximate surface area is 133 Å². The van der Waals surface area contributed by atoms with Gasteiger partial charge in [-0.1, -0.05) is 26.8 Å². The van der Waals surface area contributed by atoms with Crippen molar-refractivity contribution in [1.82, 2.24) is 9.97 Å². The van der Waals surface area contributed by atoms with Crippen LogP contribution in [0.4, 0.5) is 5.82 Å². The summed E-state index contributed by atoms with van der Waals surface area (Å²) in [5.41, 5.74) is -0.0639. The summed E-state index contributed by atoms with van der Waals surface area (Å²) < 4.78 is 0.831. The molecule has 0 saturated heterocycles. The summed E-state index contributed by atoms with van der Waals surface area (Å²) in [5.74, 6) is 1.80. The van der Waals surface area contributed by atoms with Gasteiger partial charge in [-0.05, 0) is 34.3 Å². The zero-order valence-electron chi connectivity index (χ0n) is 12.5. The Morgan fingerprint density at radius 2 is 2.00 bits per heavy atom. The van der Waals surface area contributed by atoms with E-state index in [0.717, 1.165) is 16.2 Å². The summed E-state index contributed by atoms with van der Waals surface area (Å²) >= 11 is 5.27. The molecule has 0 aliphatic heterocycles. The minimum atomic E-state index is -0.0639. The van der Waals surface area contributed by atoms with E-state index in [1.54, 1.807) is 11.3 Å². The Bertz CT molecular complexity index is 575. The predicted molar refractivity (Wildman–Crippen MR) is 89.6 cm³/mol. The van der Waals surface area contributed by atoms with Crippen LogP contribution in [0.25, 0.3) is 0 Å². The molecule has 0 aliphatic rings. The summed E-state index contributed by atoms with van der Waals surface area (Å²) in [6.45, 7) is 8.57. The van der Waals surface area contributed by atoms with Gasteiger partial charge in [0.05, 0.1) is 6.04 Å². The van der Waals surface area contributed by atoms with Gasteiger partial charge in [-0.2, -0.15) is 0 Å². The van der Waals surface area contributed by atoms with Crippen molar-refractivity contribution in [3.05, 3.63) is 38.9 Å². The first-order chi connectivity index (χ1) is 9.29. The summed E-state index contributed by atoms with van der Waals surface area (Å²) in [5, 5.41) is 2.11. The van der Waals surface area contributed by atoms with E-state index in [1.165, 1.54) is 4.88 Å². The lowest BCUT2D eigenvalue weighted by atomic mass is 9.96. The van der Waals surface area contributed by atoms with Gasteiger partial charge < -0.3 is 4.90 Å². The minimum Gasteiger partial charge on any atom is -0.352 e. The van der Waals surface area contributed by atoms with E-state index in [-0.39, 0.29) is 5.41 Å². The third kappa shape index (κ3) is 3.38. The molecule has 0 fully saturated rings. The number of thiophene rings is 1. The number of anilines is 1. The molecule has 0 radical (unpaired) electrons. The normalized spacial score (nSPS) is 13.3. The molecule has 0 aromatic carbocycles. The molecule has 3 nitrogen and oxygen atoms in total. The Balaban J connectivity index is 2.35. The summed E-state index contributed by atoms with van der Waals surface area (Å²) in [4.78, 5) is 12.7. The molecule has 2 aromatic heterocycles. The van der Waals surface area contributed by atoms with Crippen molar-refractivity contribution in [2.24, 2.45) is 0 Å². The number of nitrogens with zero attached hydrogens (tertiary/aromatic N) is 3.